The van der Waals surface area contributed by atoms with Gasteiger partial charge in [0.2, 0.25) is 0 Å². The van der Waals surface area contributed by atoms with Crippen LogP contribution < -0.4 is 0 Å². The molecule has 2 N–H and O–H groups in total. The molecule has 0 bridgehead atoms. The highest BCUT2D eigenvalue weighted by Crippen LogP contribution is 2.22. The van der Waals surface area contributed by atoms with Crippen molar-refractivity contribution in [3.05, 3.63) is 65.2 Å². The summed E-state index contributed by atoms with van der Waals surface area (Å²) in [4.78, 5) is 10.8. The molecule has 3 nitrogen and oxygen atoms in total. The summed E-state index contributed by atoms with van der Waals surface area (Å²) < 4.78 is 0. The van der Waals surface area contributed by atoms with E-state index in [4.69, 9.17) is 5.11 Å². The maximum Gasteiger partial charge on any atom is 0.335 e. The van der Waals surface area contributed by atoms with Gasteiger partial charge in [0, 0.05) is 0 Å². The molecular formula is C16H16O3. The first-order valence-corrected chi connectivity index (χ1v) is 6.17. The lowest BCUT2D eigenvalue weighted by Crippen LogP contribution is -2.00. The molecule has 2 rings (SSSR count). The molecule has 19 heavy (non-hydrogen) atoms. The van der Waals surface area contributed by atoms with Crippen LogP contribution in [0.2, 0.25) is 0 Å². The summed E-state index contributed by atoms with van der Waals surface area (Å²) in [5.41, 5.74) is 2.56. The number of aromatic carboxylic acids is 1. The third kappa shape index (κ3) is 3.35. The van der Waals surface area contributed by atoms with E-state index in [9.17, 15) is 9.90 Å². The number of carboxylic acid groups (broad SMARTS) is 1. The second-order valence-corrected chi connectivity index (χ2v) is 4.70. The van der Waals surface area contributed by atoms with Gasteiger partial charge in [-0.3, -0.25) is 0 Å². The topological polar surface area (TPSA) is 57.5 Å². The molecule has 0 aliphatic rings. The minimum Gasteiger partial charge on any atom is -0.508 e. The number of hydrogen-bond acceptors (Lipinski definition) is 2. The van der Waals surface area contributed by atoms with E-state index in [1.165, 1.54) is 0 Å². The average molecular weight is 256 g/mol. The second-order valence-electron chi connectivity index (χ2n) is 4.70. The zero-order valence-corrected chi connectivity index (χ0v) is 10.7. The molecule has 98 valence electrons. The number of carbonyl (C=O) groups is 1. The highest BCUT2D eigenvalue weighted by molar-refractivity contribution is 5.87. The summed E-state index contributed by atoms with van der Waals surface area (Å²) in [5, 5.41) is 18.1. The summed E-state index contributed by atoms with van der Waals surface area (Å²) in [7, 11) is 0. The van der Waals surface area contributed by atoms with E-state index in [1.807, 2.05) is 24.3 Å². The number of hydrogen-bond donors (Lipinski definition) is 2. The fourth-order valence-corrected chi connectivity index (χ4v) is 2.06. The fraction of sp³-hybridized carbons (Fsp3) is 0.188. The van der Waals surface area contributed by atoms with Gasteiger partial charge >= 0.3 is 5.97 Å². The molecule has 0 aromatic heterocycles. The zero-order valence-electron chi connectivity index (χ0n) is 10.7. The van der Waals surface area contributed by atoms with Crippen LogP contribution in [0.5, 0.6) is 5.75 Å². The van der Waals surface area contributed by atoms with Crippen molar-refractivity contribution in [1.82, 2.24) is 0 Å². The van der Waals surface area contributed by atoms with Crippen LogP contribution in [0.4, 0.5) is 0 Å². The summed E-state index contributed by atoms with van der Waals surface area (Å²) in [5.74, 6) is -0.340. The van der Waals surface area contributed by atoms with Crippen molar-refractivity contribution >= 4 is 5.97 Å². The molecule has 0 aliphatic heterocycles. The van der Waals surface area contributed by atoms with E-state index in [0.717, 1.165) is 17.5 Å². The molecule has 0 fully saturated rings. The fourth-order valence-electron chi connectivity index (χ4n) is 2.06. The van der Waals surface area contributed by atoms with Crippen molar-refractivity contribution in [2.45, 2.75) is 19.3 Å². The lowest BCUT2D eigenvalue weighted by atomic mass is 9.93. The van der Waals surface area contributed by atoms with Crippen molar-refractivity contribution in [1.29, 1.82) is 0 Å². The minimum absolute atomic E-state index is 0.266. The smallest absolute Gasteiger partial charge is 0.335 e. The van der Waals surface area contributed by atoms with Gasteiger partial charge in [-0.15, -0.1) is 0 Å². The van der Waals surface area contributed by atoms with Crippen LogP contribution >= 0.6 is 0 Å². The number of aromatic hydroxyl groups is 1. The molecule has 0 heterocycles. The molecule has 2 aromatic carbocycles. The summed E-state index contributed by atoms with van der Waals surface area (Å²) in [6, 6.07) is 14.1. The maximum atomic E-state index is 10.8. The Morgan fingerprint density at radius 2 is 1.63 bits per heavy atom. The molecule has 0 aliphatic carbocycles. The van der Waals surface area contributed by atoms with Crippen LogP contribution in [0.25, 0.3) is 0 Å². The Kier molecular flexibility index (Phi) is 3.85. The van der Waals surface area contributed by atoms with Crippen LogP contribution in [-0.4, -0.2) is 16.2 Å². The molecule has 0 spiro atoms. The maximum absolute atomic E-state index is 10.8. The highest BCUT2D eigenvalue weighted by Gasteiger charge is 2.08. The first-order chi connectivity index (χ1) is 9.06. The molecule has 0 radical (unpaired) electrons. The number of rotatable bonds is 4. The van der Waals surface area contributed by atoms with E-state index in [0.29, 0.717) is 11.5 Å². The van der Waals surface area contributed by atoms with Gasteiger partial charge in [0.1, 0.15) is 5.75 Å². The molecule has 3 heteroatoms. The van der Waals surface area contributed by atoms with Crippen molar-refractivity contribution in [2.24, 2.45) is 0 Å². The predicted molar refractivity (Wildman–Crippen MR) is 73.6 cm³/mol. The number of phenolic OH excluding ortho intramolecular Hbond substituents is 1. The lowest BCUT2D eigenvalue weighted by Gasteiger charge is -2.12. The predicted octanol–water partition coefficient (Wildman–Crippen LogP) is 3.44. The van der Waals surface area contributed by atoms with E-state index in [-0.39, 0.29) is 5.75 Å². The molecule has 1 atom stereocenters. The average Bonchev–Trinajstić information content (AvgIpc) is 2.41. The van der Waals surface area contributed by atoms with Gasteiger partial charge in [0.05, 0.1) is 5.56 Å². The van der Waals surface area contributed by atoms with Gasteiger partial charge < -0.3 is 10.2 Å². The van der Waals surface area contributed by atoms with Crippen LogP contribution in [0.1, 0.15) is 34.3 Å². The number of benzene rings is 2. The van der Waals surface area contributed by atoms with Crippen molar-refractivity contribution in [3.8, 4) is 5.75 Å². The Morgan fingerprint density at radius 1 is 1.05 bits per heavy atom. The van der Waals surface area contributed by atoms with Gasteiger partial charge in [0.15, 0.2) is 0 Å². The monoisotopic (exact) mass is 256 g/mol. The quantitative estimate of drug-likeness (QED) is 0.881. The zero-order chi connectivity index (χ0) is 13.8. The Hall–Kier alpha value is -2.29. The Bertz CT molecular complexity index is 556. The van der Waals surface area contributed by atoms with E-state index in [2.05, 4.69) is 6.92 Å². The molecular weight excluding hydrogens is 240 g/mol. The standard InChI is InChI=1S/C16H16O3/c1-11(10-12-2-8-15(17)9-3-12)13-4-6-14(7-5-13)16(18)19/h2-9,11,17H,10H2,1H3,(H,18,19). The van der Waals surface area contributed by atoms with Gasteiger partial charge in [-0.05, 0) is 47.7 Å². The summed E-state index contributed by atoms with van der Waals surface area (Å²) >= 11 is 0. The molecule has 0 saturated carbocycles. The molecule has 0 amide bonds. The number of phenols is 1. The van der Waals surface area contributed by atoms with Crippen LogP contribution in [0.3, 0.4) is 0 Å². The van der Waals surface area contributed by atoms with Crippen LogP contribution in [0, 0.1) is 0 Å². The third-order valence-electron chi connectivity index (χ3n) is 3.20. The molecule has 2 aromatic rings. The lowest BCUT2D eigenvalue weighted by molar-refractivity contribution is 0.0697. The minimum atomic E-state index is -0.905. The first kappa shape index (κ1) is 13.1. The van der Waals surface area contributed by atoms with E-state index < -0.39 is 5.97 Å². The Labute approximate surface area is 112 Å². The SMILES string of the molecule is CC(Cc1ccc(O)cc1)c1ccc(C(=O)O)cc1. The van der Waals surface area contributed by atoms with Gasteiger partial charge in [-0.2, -0.15) is 0 Å². The molecule has 1 unspecified atom stereocenters. The van der Waals surface area contributed by atoms with Crippen molar-refractivity contribution in [3.63, 3.8) is 0 Å². The van der Waals surface area contributed by atoms with Crippen LogP contribution in [-0.2, 0) is 6.42 Å². The summed E-state index contributed by atoms with van der Waals surface area (Å²) in [6.07, 6.45) is 0.854. The van der Waals surface area contributed by atoms with E-state index >= 15 is 0 Å². The van der Waals surface area contributed by atoms with Gasteiger partial charge in [-0.25, -0.2) is 4.79 Å². The highest BCUT2D eigenvalue weighted by atomic mass is 16.4. The normalized spacial score (nSPS) is 12.1. The van der Waals surface area contributed by atoms with Gasteiger partial charge in [0.25, 0.3) is 0 Å². The Balaban J connectivity index is 2.09. The van der Waals surface area contributed by atoms with E-state index in [1.54, 1.807) is 24.3 Å². The number of carboxylic acids is 1. The van der Waals surface area contributed by atoms with Crippen molar-refractivity contribution < 1.29 is 15.0 Å². The van der Waals surface area contributed by atoms with Crippen molar-refractivity contribution in [2.75, 3.05) is 0 Å². The molecule has 0 saturated heterocycles. The third-order valence-corrected chi connectivity index (χ3v) is 3.20. The largest absolute Gasteiger partial charge is 0.508 e. The Morgan fingerprint density at radius 3 is 2.16 bits per heavy atom. The van der Waals surface area contributed by atoms with Gasteiger partial charge in [-0.1, -0.05) is 31.2 Å². The summed E-state index contributed by atoms with van der Waals surface area (Å²) in [6.45, 7) is 2.10. The van der Waals surface area contributed by atoms with Crippen LogP contribution in [0.15, 0.2) is 48.5 Å². The second kappa shape index (κ2) is 5.57. The first-order valence-electron chi connectivity index (χ1n) is 6.17.